The summed E-state index contributed by atoms with van der Waals surface area (Å²) in [7, 11) is 0. The second kappa shape index (κ2) is 7.19. The van der Waals surface area contributed by atoms with Crippen LogP contribution < -0.4 is 9.64 Å². The van der Waals surface area contributed by atoms with Gasteiger partial charge >= 0.3 is 5.97 Å². The van der Waals surface area contributed by atoms with Crippen molar-refractivity contribution in [3.63, 3.8) is 0 Å². The molecule has 0 bridgehead atoms. The number of imide groups is 1. The van der Waals surface area contributed by atoms with Gasteiger partial charge in [-0.05, 0) is 49.4 Å². The molecule has 1 heterocycles. The van der Waals surface area contributed by atoms with Crippen LogP contribution in [0.4, 0.5) is 10.1 Å². The van der Waals surface area contributed by atoms with Gasteiger partial charge in [-0.2, -0.15) is 0 Å². The number of anilines is 1. The third-order valence-electron chi connectivity index (χ3n) is 5.59. The van der Waals surface area contributed by atoms with Crippen LogP contribution in [0, 0.1) is 23.6 Å². The van der Waals surface area contributed by atoms with Crippen molar-refractivity contribution in [2.75, 3.05) is 4.90 Å². The average Bonchev–Trinajstić information content (AvgIpc) is 2.92. The number of rotatable bonds is 3. The number of carbonyl (C=O) groups excluding carboxylic acids is 3. The van der Waals surface area contributed by atoms with Crippen LogP contribution in [-0.2, 0) is 9.59 Å². The van der Waals surface area contributed by atoms with Gasteiger partial charge in [-0.15, -0.1) is 0 Å². The molecule has 0 N–H and O–H groups in total. The Morgan fingerprint density at radius 3 is 2.46 bits per heavy atom. The Morgan fingerprint density at radius 2 is 1.68 bits per heavy atom. The molecule has 4 rings (SSSR count). The first kappa shape index (κ1) is 18.3. The third-order valence-corrected chi connectivity index (χ3v) is 5.59. The number of ether oxygens (including phenoxy) is 1. The molecule has 5 nitrogen and oxygen atoms in total. The number of hydrogen-bond donors (Lipinski definition) is 0. The van der Waals surface area contributed by atoms with Crippen molar-refractivity contribution < 1.29 is 23.5 Å². The maximum atomic E-state index is 13.9. The summed E-state index contributed by atoms with van der Waals surface area (Å²) >= 11 is 0. The lowest BCUT2D eigenvalue weighted by molar-refractivity contribution is -0.122. The monoisotopic (exact) mass is 381 g/mol. The van der Waals surface area contributed by atoms with E-state index in [1.165, 1.54) is 30.3 Å². The average molecular weight is 381 g/mol. The maximum Gasteiger partial charge on any atom is 0.346 e. The van der Waals surface area contributed by atoms with Gasteiger partial charge in [-0.3, -0.25) is 9.59 Å². The lowest BCUT2D eigenvalue weighted by Gasteiger charge is -2.25. The zero-order valence-electron chi connectivity index (χ0n) is 15.4. The van der Waals surface area contributed by atoms with Crippen molar-refractivity contribution in [3.05, 3.63) is 59.9 Å². The molecule has 1 saturated heterocycles. The predicted molar refractivity (Wildman–Crippen MR) is 100 cm³/mol. The van der Waals surface area contributed by atoms with E-state index in [9.17, 15) is 18.8 Å². The van der Waals surface area contributed by atoms with Crippen LogP contribution in [0.2, 0.25) is 0 Å². The van der Waals surface area contributed by atoms with Crippen molar-refractivity contribution in [2.45, 2.75) is 26.2 Å². The number of halogens is 1. The first-order valence-electron chi connectivity index (χ1n) is 9.41. The summed E-state index contributed by atoms with van der Waals surface area (Å²) < 4.78 is 19.3. The normalized spacial score (nSPS) is 24.2. The first-order valence-corrected chi connectivity index (χ1v) is 9.41. The molecule has 1 aliphatic heterocycles. The Morgan fingerprint density at radius 1 is 1.00 bits per heavy atom. The first-order chi connectivity index (χ1) is 13.5. The van der Waals surface area contributed by atoms with Gasteiger partial charge in [0.05, 0.1) is 23.1 Å². The summed E-state index contributed by atoms with van der Waals surface area (Å²) in [6.45, 7) is 2.08. The van der Waals surface area contributed by atoms with Gasteiger partial charge in [0.1, 0.15) is 5.82 Å². The summed E-state index contributed by atoms with van der Waals surface area (Å²) in [5.74, 6) is -2.27. The third kappa shape index (κ3) is 3.09. The van der Waals surface area contributed by atoms with E-state index in [0.717, 1.165) is 11.3 Å². The van der Waals surface area contributed by atoms with E-state index < -0.39 is 11.8 Å². The number of carbonyl (C=O) groups is 3. The molecule has 2 fully saturated rings. The van der Waals surface area contributed by atoms with Crippen molar-refractivity contribution in [1.82, 2.24) is 0 Å². The molecule has 0 unspecified atom stereocenters. The predicted octanol–water partition coefficient (Wildman–Crippen LogP) is 3.97. The number of nitrogens with zero attached hydrogens (tertiary/aromatic N) is 1. The van der Waals surface area contributed by atoms with Crippen molar-refractivity contribution >= 4 is 23.5 Å². The molecule has 0 aromatic heterocycles. The maximum absolute atomic E-state index is 13.9. The zero-order chi connectivity index (χ0) is 19.8. The molecule has 2 amide bonds. The Hall–Kier alpha value is -3.02. The van der Waals surface area contributed by atoms with Crippen molar-refractivity contribution in [3.8, 4) is 5.75 Å². The standard InChI is InChI=1S/C22H20FNO4/c1-13-10-11-14-16(12-13)21(26)24(20(14)25)18-8-4-5-9-19(18)28-22(27)15-6-2-3-7-17(15)23/h2-9,13-14,16H,10-12H2,1H3/t13-,14+,16+/m1/s1. The largest absolute Gasteiger partial charge is 0.421 e. The molecule has 3 atom stereocenters. The molecule has 28 heavy (non-hydrogen) atoms. The lowest BCUT2D eigenvalue weighted by Crippen LogP contribution is -2.31. The molecule has 1 saturated carbocycles. The number of amides is 2. The second-order valence-electron chi connectivity index (χ2n) is 7.48. The molecule has 2 aromatic rings. The molecule has 1 aliphatic carbocycles. The van der Waals surface area contributed by atoms with Crippen molar-refractivity contribution in [1.29, 1.82) is 0 Å². The van der Waals surface area contributed by atoms with Gasteiger partial charge in [-0.1, -0.05) is 31.2 Å². The second-order valence-corrected chi connectivity index (χ2v) is 7.48. The molecule has 0 spiro atoms. The van der Waals surface area contributed by atoms with E-state index in [1.54, 1.807) is 18.2 Å². The number of hydrogen-bond acceptors (Lipinski definition) is 4. The molecule has 144 valence electrons. The zero-order valence-corrected chi connectivity index (χ0v) is 15.4. The lowest BCUT2D eigenvalue weighted by atomic mass is 9.76. The van der Waals surface area contributed by atoms with Crippen LogP contribution in [0.25, 0.3) is 0 Å². The van der Waals surface area contributed by atoms with Crippen LogP contribution >= 0.6 is 0 Å². The van der Waals surface area contributed by atoms with Crippen LogP contribution in [0.1, 0.15) is 36.5 Å². The topological polar surface area (TPSA) is 63.7 Å². The van der Waals surface area contributed by atoms with E-state index in [2.05, 4.69) is 6.92 Å². The van der Waals surface area contributed by atoms with Gasteiger partial charge in [0, 0.05) is 0 Å². The number of esters is 1. The van der Waals surface area contributed by atoms with E-state index >= 15 is 0 Å². The highest BCUT2D eigenvalue weighted by Crippen LogP contribution is 2.44. The van der Waals surface area contributed by atoms with Gasteiger partial charge < -0.3 is 4.74 Å². The van der Waals surface area contributed by atoms with Crippen LogP contribution in [0.3, 0.4) is 0 Å². The molecule has 0 radical (unpaired) electrons. The van der Waals surface area contributed by atoms with Gasteiger partial charge in [0.25, 0.3) is 0 Å². The Balaban J connectivity index is 1.65. The van der Waals surface area contributed by atoms with Crippen LogP contribution in [-0.4, -0.2) is 17.8 Å². The summed E-state index contributed by atoms with van der Waals surface area (Å²) in [5, 5.41) is 0. The molecule has 2 aromatic carbocycles. The smallest absolute Gasteiger partial charge is 0.346 e. The fourth-order valence-corrected chi connectivity index (χ4v) is 4.14. The summed E-state index contributed by atoms with van der Waals surface area (Å²) in [4.78, 5) is 39.4. The summed E-state index contributed by atoms with van der Waals surface area (Å²) in [5.41, 5.74) is 0.0168. The summed E-state index contributed by atoms with van der Waals surface area (Å²) in [6, 6.07) is 11.9. The van der Waals surface area contributed by atoms with Gasteiger partial charge in [0.2, 0.25) is 11.8 Å². The van der Waals surface area contributed by atoms with E-state index in [1.807, 2.05) is 0 Å². The quantitative estimate of drug-likeness (QED) is 0.458. The number of fused-ring (bicyclic) bond motifs is 1. The highest BCUT2D eigenvalue weighted by Gasteiger charge is 2.50. The van der Waals surface area contributed by atoms with Gasteiger partial charge in [0.15, 0.2) is 5.75 Å². The summed E-state index contributed by atoms with van der Waals surface area (Å²) in [6.07, 6.45) is 2.28. The number of para-hydroxylation sites is 2. The van der Waals surface area contributed by atoms with Gasteiger partial charge in [-0.25, -0.2) is 14.1 Å². The van der Waals surface area contributed by atoms with E-state index in [4.69, 9.17) is 4.74 Å². The number of benzene rings is 2. The molecular weight excluding hydrogens is 361 g/mol. The van der Waals surface area contributed by atoms with Crippen LogP contribution in [0.5, 0.6) is 5.75 Å². The van der Waals surface area contributed by atoms with E-state index in [-0.39, 0.29) is 40.7 Å². The SMILES string of the molecule is C[C@@H]1CC[C@@H]2C(=O)N(c3ccccc3OC(=O)c3ccccc3F)C(=O)[C@H]2C1. The van der Waals surface area contributed by atoms with E-state index in [0.29, 0.717) is 18.8 Å². The highest BCUT2D eigenvalue weighted by molar-refractivity contribution is 6.22. The minimum atomic E-state index is -0.879. The van der Waals surface area contributed by atoms with Crippen molar-refractivity contribution in [2.24, 2.45) is 17.8 Å². The molecule has 6 heteroatoms. The minimum Gasteiger partial charge on any atom is -0.421 e. The Labute approximate surface area is 162 Å². The molecule has 2 aliphatic rings. The highest BCUT2D eigenvalue weighted by atomic mass is 19.1. The Bertz CT molecular complexity index is 957. The van der Waals surface area contributed by atoms with Crippen LogP contribution in [0.15, 0.2) is 48.5 Å². The fourth-order valence-electron chi connectivity index (χ4n) is 4.14. The minimum absolute atomic E-state index is 0.0594. The Kier molecular flexibility index (Phi) is 4.71. The molecular formula is C22H20FNO4. The fraction of sp³-hybridized carbons (Fsp3) is 0.318.